The Bertz CT molecular complexity index is 345. The van der Waals surface area contributed by atoms with Gasteiger partial charge in [0.15, 0.2) is 0 Å². The van der Waals surface area contributed by atoms with Crippen LogP contribution in [0, 0.1) is 17.6 Å². The number of halogens is 2. The van der Waals surface area contributed by atoms with Crippen LogP contribution in [0.2, 0.25) is 0 Å². The van der Waals surface area contributed by atoms with Crippen molar-refractivity contribution in [3.63, 3.8) is 0 Å². The quantitative estimate of drug-likeness (QED) is 0.799. The molecule has 0 radical (unpaired) electrons. The van der Waals surface area contributed by atoms with Crippen LogP contribution in [0.1, 0.15) is 37.3 Å². The Morgan fingerprint density at radius 3 is 2.53 bits per heavy atom. The first kappa shape index (κ1) is 10.6. The van der Waals surface area contributed by atoms with Crippen LogP contribution in [0.3, 0.4) is 0 Å². The van der Waals surface area contributed by atoms with Crippen LogP contribution in [0.15, 0.2) is 18.2 Å². The van der Waals surface area contributed by atoms with Gasteiger partial charge in [0, 0.05) is 11.6 Å². The summed E-state index contributed by atoms with van der Waals surface area (Å²) in [6, 6.07) is 3.14. The number of rotatable bonds is 2. The number of nitrogens with two attached hydrogens (primary N) is 1. The van der Waals surface area contributed by atoms with Crippen molar-refractivity contribution in [2.24, 2.45) is 11.7 Å². The van der Waals surface area contributed by atoms with Gasteiger partial charge in [-0.15, -0.1) is 0 Å². The Balaban J connectivity index is 2.23. The van der Waals surface area contributed by atoms with Gasteiger partial charge in [-0.2, -0.15) is 0 Å². The summed E-state index contributed by atoms with van der Waals surface area (Å²) in [4.78, 5) is 0. The molecule has 0 saturated heterocycles. The summed E-state index contributed by atoms with van der Waals surface area (Å²) in [7, 11) is 0. The first-order valence-corrected chi connectivity index (χ1v) is 5.39. The largest absolute Gasteiger partial charge is 0.324 e. The molecule has 1 aliphatic carbocycles. The number of benzene rings is 1. The zero-order valence-electron chi connectivity index (χ0n) is 8.55. The molecular formula is C12H15F2N. The van der Waals surface area contributed by atoms with E-state index in [1.165, 1.54) is 6.07 Å². The van der Waals surface area contributed by atoms with Crippen molar-refractivity contribution in [1.82, 2.24) is 0 Å². The lowest BCUT2D eigenvalue weighted by Crippen LogP contribution is -2.20. The van der Waals surface area contributed by atoms with Crippen molar-refractivity contribution in [1.29, 1.82) is 0 Å². The SMILES string of the molecule is N[C@H](c1cc(F)ccc1F)C1CCCC1. The fourth-order valence-corrected chi connectivity index (χ4v) is 2.34. The van der Waals surface area contributed by atoms with Gasteiger partial charge in [-0.25, -0.2) is 8.78 Å². The molecule has 1 aliphatic rings. The third kappa shape index (κ3) is 2.17. The molecule has 1 aromatic rings. The van der Waals surface area contributed by atoms with Crippen LogP contribution in [0.25, 0.3) is 0 Å². The lowest BCUT2D eigenvalue weighted by atomic mass is 9.92. The zero-order chi connectivity index (χ0) is 10.8. The van der Waals surface area contributed by atoms with E-state index in [1.807, 2.05) is 0 Å². The molecule has 15 heavy (non-hydrogen) atoms. The minimum absolute atomic E-state index is 0.307. The highest BCUT2D eigenvalue weighted by Crippen LogP contribution is 2.35. The van der Waals surface area contributed by atoms with Gasteiger partial charge in [0.05, 0.1) is 0 Å². The highest BCUT2D eigenvalue weighted by molar-refractivity contribution is 5.22. The smallest absolute Gasteiger partial charge is 0.128 e. The van der Waals surface area contributed by atoms with Crippen molar-refractivity contribution in [2.45, 2.75) is 31.7 Å². The van der Waals surface area contributed by atoms with Crippen LogP contribution in [0.5, 0.6) is 0 Å². The van der Waals surface area contributed by atoms with E-state index in [2.05, 4.69) is 0 Å². The Morgan fingerprint density at radius 1 is 1.20 bits per heavy atom. The molecule has 0 aromatic heterocycles. The second kappa shape index (κ2) is 4.27. The summed E-state index contributed by atoms with van der Waals surface area (Å²) in [5.74, 6) is -0.503. The molecule has 1 fully saturated rings. The second-order valence-electron chi connectivity index (χ2n) is 4.24. The molecule has 0 unspecified atom stereocenters. The summed E-state index contributed by atoms with van der Waals surface area (Å²) in [6.07, 6.45) is 4.35. The topological polar surface area (TPSA) is 26.0 Å². The maximum absolute atomic E-state index is 13.4. The van der Waals surface area contributed by atoms with Gasteiger partial charge in [-0.05, 0) is 37.0 Å². The molecule has 3 heteroatoms. The van der Waals surface area contributed by atoms with Gasteiger partial charge in [-0.3, -0.25) is 0 Å². The van der Waals surface area contributed by atoms with Gasteiger partial charge in [0.2, 0.25) is 0 Å². The molecule has 2 rings (SSSR count). The van der Waals surface area contributed by atoms with E-state index < -0.39 is 11.6 Å². The van der Waals surface area contributed by atoms with Crippen molar-refractivity contribution >= 4 is 0 Å². The summed E-state index contributed by atoms with van der Waals surface area (Å²) in [6.45, 7) is 0. The lowest BCUT2D eigenvalue weighted by molar-refractivity contribution is 0.426. The highest BCUT2D eigenvalue weighted by atomic mass is 19.1. The summed E-state index contributed by atoms with van der Waals surface area (Å²) < 4.78 is 26.4. The van der Waals surface area contributed by atoms with E-state index in [1.54, 1.807) is 0 Å². The minimum atomic E-state index is -0.417. The van der Waals surface area contributed by atoms with E-state index in [4.69, 9.17) is 5.73 Å². The van der Waals surface area contributed by atoms with E-state index >= 15 is 0 Å². The fourth-order valence-electron chi connectivity index (χ4n) is 2.34. The summed E-state index contributed by atoms with van der Waals surface area (Å²) in [5, 5.41) is 0. The second-order valence-corrected chi connectivity index (χ2v) is 4.24. The molecule has 0 bridgehead atoms. The van der Waals surface area contributed by atoms with Crippen molar-refractivity contribution in [3.8, 4) is 0 Å². The standard InChI is InChI=1S/C12H15F2N/c13-9-5-6-11(14)10(7-9)12(15)8-3-1-2-4-8/h5-8,12H,1-4,15H2/t12-/m0/s1. The molecule has 1 atom stereocenters. The predicted octanol–water partition coefficient (Wildman–Crippen LogP) is 3.15. The maximum atomic E-state index is 13.4. The molecule has 2 N–H and O–H groups in total. The molecule has 1 saturated carbocycles. The van der Waals surface area contributed by atoms with Gasteiger partial charge in [0.25, 0.3) is 0 Å². The molecular weight excluding hydrogens is 196 g/mol. The van der Waals surface area contributed by atoms with Crippen molar-refractivity contribution in [3.05, 3.63) is 35.4 Å². The Hall–Kier alpha value is -0.960. The van der Waals surface area contributed by atoms with E-state index in [9.17, 15) is 8.78 Å². The van der Waals surface area contributed by atoms with Crippen LogP contribution in [-0.4, -0.2) is 0 Å². The average Bonchev–Trinajstić information content (AvgIpc) is 2.74. The number of hydrogen-bond acceptors (Lipinski definition) is 1. The van der Waals surface area contributed by atoms with Gasteiger partial charge in [-0.1, -0.05) is 12.8 Å². The fraction of sp³-hybridized carbons (Fsp3) is 0.500. The van der Waals surface area contributed by atoms with Crippen LogP contribution >= 0.6 is 0 Å². The van der Waals surface area contributed by atoms with Crippen LogP contribution < -0.4 is 5.73 Å². The third-order valence-electron chi connectivity index (χ3n) is 3.22. The Kier molecular flexibility index (Phi) is 3.00. The first-order valence-electron chi connectivity index (χ1n) is 5.39. The monoisotopic (exact) mass is 211 g/mol. The van der Waals surface area contributed by atoms with Gasteiger partial charge in [0.1, 0.15) is 11.6 Å². The first-order chi connectivity index (χ1) is 7.18. The van der Waals surface area contributed by atoms with E-state index in [0.29, 0.717) is 11.5 Å². The normalized spacial score (nSPS) is 19.4. The number of hydrogen-bond donors (Lipinski definition) is 1. The van der Waals surface area contributed by atoms with Crippen LogP contribution in [-0.2, 0) is 0 Å². The van der Waals surface area contributed by atoms with Gasteiger partial charge < -0.3 is 5.73 Å². The lowest BCUT2D eigenvalue weighted by Gasteiger charge is -2.19. The van der Waals surface area contributed by atoms with Crippen LogP contribution in [0.4, 0.5) is 8.78 Å². The minimum Gasteiger partial charge on any atom is -0.324 e. The molecule has 82 valence electrons. The molecule has 0 heterocycles. The Morgan fingerprint density at radius 2 is 1.87 bits per heavy atom. The van der Waals surface area contributed by atoms with Crippen molar-refractivity contribution in [2.75, 3.05) is 0 Å². The maximum Gasteiger partial charge on any atom is 0.128 e. The Labute approximate surface area is 88.3 Å². The molecule has 0 spiro atoms. The third-order valence-corrected chi connectivity index (χ3v) is 3.22. The predicted molar refractivity (Wildman–Crippen MR) is 55.2 cm³/mol. The summed E-state index contributed by atoms with van der Waals surface area (Å²) in [5.41, 5.74) is 6.28. The van der Waals surface area contributed by atoms with E-state index in [0.717, 1.165) is 37.8 Å². The average molecular weight is 211 g/mol. The van der Waals surface area contributed by atoms with Crippen molar-refractivity contribution < 1.29 is 8.78 Å². The molecule has 1 nitrogen and oxygen atoms in total. The van der Waals surface area contributed by atoms with Gasteiger partial charge >= 0.3 is 0 Å². The molecule has 0 aliphatic heterocycles. The molecule has 1 aromatic carbocycles. The van der Waals surface area contributed by atoms with E-state index in [-0.39, 0.29) is 6.04 Å². The highest BCUT2D eigenvalue weighted by Gasteiger charge is 2.25. The summed E-state index contributed by atoms with van der Waals surface area (Å²) >= 11 is 0. The zero-order valence-corrected chi connectivity index (χ0v) is 8.55. The molecule has 0 amide bonds.